The van der Waals surface area contributed by atoms with Crippen molar-refractivity contribution in [2.45, 2.75) is 25.4 Å². The molecule has 3 heterocycles. The van der Waals surface area contributed by atoms with Crippen LogP contribution < -0.4 is 10.7 Å². The van der Waals surface area contributed by atoms with E-state index in [4.69, 9.17) is 8.83 Å². The molecule has 1 fully saturated rings. The van der Waals surface area contributed by atoms with E-state index in [1.807, 2.05) is 0 Å². The highest BCUT2D eigenvalue weighted by atomic mass is 16.6. The fraction of sp³-hybridized carbons (Fsp3) is 0.381. The molecule has 5 N–H and O–H groups in total. The lowest BCUT2D eigenvalue weighted by molar-refractivity contribution is -0.402. The standard InChI is InChI=1S/C21H22N2O9/c1-9-16(19(27)14-2-3-15(32-14)23(29)30)20(28)18-13(26)6-12(25)17(21(18)31-9)11-4-5-22-7-10(11)8-24/h2-3,6,10-11,19,22,24-27H,4-5,7-8H2,1H3. The van der Waals surface area contributed by atoms with Crippen molar-refractivity contribution in [2.75, 3.05) is 19.7 Å². The maximum atomic E-state index is 13.3. The zero-order valence-corrected chi connectivity index (χ0v) is 17.1. The molecule has 0 aliphatic carbocycles. The molecule has 32 heavy (non-hydrogen) atoms. The largest absolute Gasteiger partial charge is 0.507 e. The van der Waals surface area contributed by atoms with Gasteiger partial charge in [0.25, 0.3) is 0 Å². The van der Waals surface area contributed by atoms with E-state index >= 15 is 0 Å². The first-order chi connectivity index (χ1) is 15.2. The Labute approximate surface area is 180 Å². The van der Waals surface area contributed by atoms with Crippen molar-refractivity contribution in [2.24, 2.45) is 5.92 Å². The summed E-state index contributed by atoms with van der Waals surface area (Å²) < 4.78 is 10.9. The van der Waals surface area contributed by atoms with E-state index < -0.39 is 28.1 Å². The molecule has 0 amide bonds. The molecular formula is C21H22N2O9. The summed E-state index contributed by atoms with van der Waals surface area (Å²) in [5.74, 6) is -2.23. The summed E-state index contributed by atoms with van der Waals surface area (Å²) in [5, 5.41) is 55.3. The van der Waals surface area contributed by atoms with Gasteiger partial charge in [-0.2, -0.15) is 0 Å². The number of furan rings is 1. The van der Waals surface area contributed by atoms with Gasteiger partial charge < -0.3 is 34.6 Å². The summed E-state index contributed by atoms with van der Waals surface area (Å²) in [6.45, 7) is 2.39. The highest BCUT2D eigenvalue weighted by Gasteiger charge is 2.33. The lowest BCUT2D eigenvalue weighted by Gasteiger charge is -2.32. The molecule has 2 aromatic heterocycles. The molecule has 3 atom stereocenters. The lowest BCUT2D eigenvalue weighted by Crippen LogP contribution is -2.37. The summed E-state index contributed by atoms with van der Waals surface area (Å²) in [4.78, 5) is 23.4. The third kappa shape index (κ3) is 3.49. The van der Waals surface area contributed by atoms with E-state index in [-0.39, 0.29) is 52.2 Å². The highest BCUT2D eigenvalue weighted by molar-refractivity contribution is 5.89. The zero-order chi connectivity index (χ0) is 23.2. The number of hydrogen-bond acceptors (Lipinski definition) is 10. The van der Waals surface area contributed by atoms with Crippen LogP contribution in [0.15, 0.2) is 31.8 Å². The van der Waals surface area contributed by atoms with Gasteiger partial charge >= 0.3 is 5.88 Å². The summed E-state index contributed by atoms with van der Waals surface area (Å²) in [7, 11) is 0. The SMILES string of the molecule is Cc1oc2c(C3CCNCC3CO)c(O)cc(O)c2c(=O)c1C(O)c1ccc([N+](=O)[O-])o1. The van der Waals surface area contributed by atoms with Crippen LogP contribution >= 0.6 is 0 Å². The minimum absolute atomic E-state index is 0.00483. The van der Waals surface area contributed by atoms with Crippen LogP contribution in [0.2, 0.25) is 0 Å². The van der Waals surface area contributed by atoms with E-state index in [1.54, 1.807) is 0 Å². The second kappa shape index (κ2) is 8.26. The third-order valence-electron chi connectivity index (χ3n) is 5.93. The van der Waals surface area contributed by atoms with E-state index in [0.29, 0.717) is 25.1 Å². The number of aromatic hydroxyl groups is 2. The monoisotopic (exact) mass is 446 g/mol. The number of aliphatic hydroxyl groups is 2. The number of aliphatic hydroxyl groups excluding tert-OH is 2. The van der Waals surface area contributed by atoms with Crippen LogP contribution in [0.4, 0.5) is 5.88 Å². The number of aryl methyl sites for hydroxylation is 1. The molecule has 170 valence electrons. The van der Waals surface area contributed by atoms with Gasteiger partial charge in [0.15, 0.2) is 0 Å². The number of nitrogens with zero attached hydrogens (tertiary/aromatic N) is 1. The van der Waals surface area contributed by atoms with Crippen LogP contribution in [0, 0.1) is 23.0 Å². The fourth-order valence-electron chi connectivity index (χ4n) is 4.37. The van der Waals surface area contributed by atoms with Crippen LogP contribution in [-0.2, 0) is 0 Å². The second-order valence-corrected chi connectivity index (χ2v) is 7.81. The smallest absolute Gasteiger partial charge is 0.433 e. The number of nitrogens with one attached hydrogen (secondary N) is 1. The summed E-state index contributed by atoms with van der Waals surface area (Å²) in [6.07, 6.45) is -1.12. The molecule has 1 aromatic carbocycles. The van der Waals surface area contributed by atoms with Gasteiger partial charge in [0.2, 0.25) is 5.43 Å². The average molecular weight is 446 g/mol. The van der Waals surface area contributed by atoms with Gasteiger partial charge in [-0.25, -0.2) is 0 Å². The Morgan fingerprint density at radius 1 is 1.28 bits per heavy atom. The van der Waals surface area contributed by atoms with Gasteiger partial charge in [-0.05, 0) is 31.9 Å². The molecule has 3 aromatic rings. The highest BCUT2D eigenvalue weighted by Crippen LogP contribution is 2.43. The molecule has 1 aliphatic heterocycles. The number of hydrogen-bond donors (Lipinski definition) is 5. The quantitative estimate of drug-likeness (QED) is 0.286. The van der Waals surface area contributed by atoms with Gasteiger partial charge in [-0.15, -0.1) is 0 Å². The van der Waals surface area contributed by atoms with Gasteiger partial charge in [0.05, 0.1) is 11.6 Å². The lowest BCUT2D eigenvalue weighted by atomic mass is 9.80. The van der Waals surface area contributed by atoms with Gasteiger partial charge in [-0.3, -0.25) is 14.9 Å². The first kappa shape index (κ1) is 21.8. The van der Waals surface area contributed by atoms with Crippen LogP contribution in [0.3, 0.4) is 0 Å². The number of benzene rings is 1. The molecule has 3 unspecified atom stereocenters. The first-order valence-corrected chi connectivity index (χ1v) is 10.0. The number of rotatable bonds is 5. The van der Waals surface area contributed by atoms with Crippen LogP contribution in [0.5, 0.6) is 11.5 Å². The van der Waals surface area contributed by atoms with Crippen molar-refractivity contribution in [3.63, 3.8) is 0 Å². The Hall–Kier alpha value is -3.41. The molecule has 1 aliphatic rings. The fourth-order valence-corrected chi connectivity index (χ4v) is 4.37. The Morgan fingerprint density at radius 3 is 2.69 bits per heavy atom. The van der Waals surface area contributed by atoms with E-state index in [0.717, 1.165) is 12.1 Å². The second-order valence-electron chi connectivity index (χ2n) is 7.81. The Balaban J connectivity index is 1.92. The van der Waals surface area contributed by atoms with Gasteiger partial charge in [0, 0.05) is 30.7 Å². The molecule has 0 radical (unpaired) electrons. The maximum absolute atomic E-state index is 13.3. The van der Waals surface area contributed by atoms with Gasteiger partial charge in [0.1, 0.15) is 45.0 Å². The van der Waals surface area contributed by atoms with Crippen molar-refractivity contribution in [3.05, 3.63) is 61.2 Å². The summed E-state index contributed by atoms with van der Waals surface area (Å²) in [5.41, 5.74) is -0.744. The van der Waals surface area contributed by atoms with Crippen LogP contribution in [0.25, 0.3) is 11.0 Å². The number of phenols is 2. The Morgan fingerprint density at radius 2 is 2.03 bits per heavy atom. The Bertz CT molecular complexity index is 1250. The van der Waals surface area contributed by atoms with Crippen molar-refractivity contribution in [3.8, 4) is 11.5 Å². The predicted molar refractivity (Wildman–Crippen MR) is 111 cm³/mol. The van der Waals surface area contributed by atoms with Crippen molar-refractivity contribution in [1.29, 1.82) is 0 Å². The molecule has 1 saturated heterocycles. The number of phenolic OH excluding ortho intramolecular Hbond substituents is 2. The van der Waals surface area contributed by atoms with Gasteiger partial charge in [-0.1, -0.05) is 0 Å². The molecule has 0 saturated carbocycles. The minimum Gasteiger partial charge on any atom is -0.507 e. The molecule has 0 spiro atoms. The van der Waals surface area contributed by atoms with Crippen molar-refractivity contribution in [1.82, 2.24) is 5.32 Å². The maximum Gasteiger partial charge on any atom is 0.433 e. The molecular weight excluding hydrogens is 424 g/mol. The number of piperidine rings is 1. The molecule has 11 heteroatoms. The van der Waals surface area contributed by atoms with Crippen molar-refractivity contribution < 1.29 is 34.2 Å². The first-order valence-electron chi connectivity index (χ1n) is 10.0. The molecule has 4 rings (SSSR count). The number of fused-ring (bicyclic) bond motifs is 1. The minimum atomic E-state index is -1.68. The van der Waals surface area contributed by atoms with E-state index in [9.17, 15) is 35.3 Å². The van der Waals surface area contributed by atoms with Crippen LogP contribution in [0.1, 0.15) is 41.1 Å². The zero-order valence-electron chi connectivity index (χ0n) is 17.1. The Kier molecular flexibility index (Phi) is 5.63. The average Bonchev–Trinajstić information content (AvgIpc) is 3.24. The summed E-state index contributed by atoms with van der Waals surface area (Å²) >= 11 is 0. The van der Waals surface area contributed by atoms with Crippen LogP contribution in [-0.4, -0.2) is 45.0 Å². The van der Waals surface area contributed by atoms with E-state index in [2.05, 4.69) is 5.32 Å². The van der Waals surface area contributed by atoms with E-state index in [1.165, 1.54) is 13.0 Å². The number of nitro groups is 1. The predicted octanol–water partition coefficient (Wildman–Crippen LogP) is 1.78. The normalized spacial score (nSPS) is 19.8. The molecule has 0 bridgehead atoms. The summed E-state index contributed by atoms with van der Waals surface area (Å²) in [6, 6.07) is 3.26. The third-order valence-corrected chi connectivity index (χ3v) is 5.93. The molecule has 11 nitrogen and oxygen atoms in total. The topological polar surface area (TPSA) is 179 Å². The van der Waals surface area contributed by atoms with Crippen molar-refractivity contribution >= 4 is 16.9 Å².